The van der Waals surface area contributed by atoms with Gasteiger partial charge in [-0.1, -0.05) is 26.3 Å². The third-order valence-corrected chi connectivity index (χ3v) is 3.24. The quantitative estimate of drug-likeness (QED) is 0.234. The van der Waals surface area contributed by atoms with E-state index in [4.69, 9.17) is 9.16 Å². The van der Waals surface area contributed by atoms with E-state index in [-0.39, 0.29) is 6.10 Å². The Bertz CT molecular complexity index is 259. The van der Waals surface area contributed by atoms with Gasteiger partial charge < -0.3 is 9.16 Å². The lowest BCUT2D eigenvalue weighted by Crippen LogP contribution is -2.24. The summed E-state index contributed by atoms with van der Waals surface area (Å²) in [5, 5.41) is 0. The number of carbonyl (C=O) groups is 1. The molecule has 0 unspecified atom stereocenters. The van der Waals surface area contributed by atoms with Crippen LogP contribution < -0.4 is 0 Å². The summed E-state index contributed by atoms with van der Waals surface area (Å²) in [5.41, 5.74) is 0. The summed E-state index contributed by atoms with van der Waals surface area (Å²) in [6.07, 6.45) is 9.63. The van der Waals surface area contributed by atoms with Gasteiger partial charge in [0.25, 0.3) is 6.47 Å². The second-order valence-electron chi connectivity index (χ2n) is 5.50. The predicted molar refractivity (Wildman–Crippen MR) is 81.6 cm³/mol. The SMILES string of the molecule is C=C([CH][CH][CH][C@@H](CCCCC)OC=O)O[Si](C)(C)C. The average Bonchev–Trinajstić information content (AvgIpc) is 2.27. The van der Waals surface area contributed by atoms with E-state index >= 15 is 0 Å². The number of allylic oxidation sites excluding steroid dienone is 1. The molecule has 1 atom stereocenters. The first-order valence-electron chi connectivity index (χ1n) is 6.87. The molecule has 0 aromatic heterocycles. The van der Waals surface area contributed by atoms with Gasteiger partial charge in [0.1, 0.15) is 6.10 Å². The lowest BCUT2D eigenvalue weighted by atomic mass is 10.0. The Kier molecular flexibility index (Phi) is 9.66. The topological polar surface area (TPSA) is 35.5 Å². The summed E-state index contributed by atoms with van der Waals surface area (Å²) in [4.78, 5) is 10.4. The van der Waals surface area contributed by atoms with Crippen molar-refractivity contribution < 1.29 is 14.0 Å². The molecule has 0 aliphatic heterocycles. The molecule has 0 aromatic rings. The van der Waals surface area contributed by atoms with Crippen LogP contribution in [0.2, 0.25) is 19.6 Å². The molecule has 0 saturated carbocycles. The Labute approximate surface area is 119 Å². The maximum absolute atomic E-state index is 10.4. The molecule has 19 heavy (non-hydrogen) atoms. The molecule has 0 amide bonds. The van der Waals surface area contributed by atoms with Gasteiger partial charge in [0.05, 0.1) is 5.76 Å². The number of hydrogen-bond donors (Lipinski definition) is 0. The standard InChI is InChI=1S/C15H27O3Si/c1-6-7-8-11-15(17-13-16)12-9-10-14(2)18-19(3,4)5/h9-10,12-13,15H,2,6-8,11H2,1,3-5H3/t15-/m1/s1. The molecular weight excluding hydrogens is 256 g/mol. The van der Waals surface area contributed by atoms with E-state index in [9.17, 15) is 4.79 Å². The van der Waals surface area contributed by atoms with Crippen LogP contribution in [0, 0.1) is 19.3 Å². The Hall–Kier alpha value is -0.773. The van der Waals surface area contributed by atoms with Crippen molar-refractivity contribution in [1.82, 2.24) is 0 Å². The molecule has 0 rings (SSSR count). The fraction of sp³-hybridized carbons (Fsp3) is 0.600. The van der Waals surface area contributed by atoms with E-state index in [0.29, 0.717) is 12.2 Å². The molecule has 0 aliphatic carbocycles. The van der Waals surface area contributed by atoms with Crippen molar-refractivity contribution in [1.29, 1.82) is 0 Å². The van der Waals surface area contributed by atoms with Crippen LogP contribution in [-0.4, -0.2) is 20.9 Å². The molecule has 0 aliphatic rings. The Morgan fingerprint density at radius 1 is 1.32 bits per heavy atom. The van der Waals surface area contributed by atoms with Crippen LogP contribution in [0.25, 0.3) is 0 Å². The average molecular weight is 283 g/mol. The summed E-state index contributed by atoms with van der Waals surface area (Å²) < 4.78 is 10.7. The van der Waals surface area contributed by atoms with Gasteiger partial charge >= 0.3 is 0 Å². The lowest BCUT2D eigenvalue weighted by Gasteiger charge is -2.21. The molecule has 3 nitrogen and oxygen atoms in total. The highest BCUT2D eigenvalue weighted by atomic mass is 28.4. The minimum absolute atomic E-state index is 0.153. The van der Waals surface area contributed by atoms with Gasteiger partial charge in [0.2, 0.25) is 8.32 Å². The van der Waals surface area contributed by atoms with Crippen molar-refractivity contribution in [3.63, 3.8) is 0 Å². The minimum Gasteiger partial charge on any atom is -0.548 e. The number of carbonyl (C=O) groups excluding carboxylic acids is 1. The second-order valence-corrected chi connectivity index (χ2v) is 9.93. The maximum atomic E-state index is 10.4. The molecule has 0 fully saturated rings. The van der Waals surface area contributed by atoms with Crippen LogP contribution in [0.15, 0.2) is 12.3 Å². The van der Waals surface area contributed by atoms with Crippen LogP contribution in [0.4, 0.5) is 0 Å². The maximum Gasteiger partial charge on any atom is 0.293 e. The molecule has 0 N–H and O–H groups in total. The summed E-state index contributed by atoms with van der Waals surface area (Å²) in [5.74, 6) is 0.661. The number of hydrogen-bond acceptors (Lipinski definition) is 3. The molecule has 4 heteroatoms. The monoisotopic (exact) mass is 283 g/mol. The van der Waals surface area contributed by atoms with Crippen molar-refractivity contribution in [2.75, 3.05) is 0 Å². The molecule has 0 spiro atoms. The zero-order valence-electron chi connectivity index (χ0n) is 12.6. The summed E-state index contributed by atoms with van der Waals surface area (Å²) >= 11 is 0. The first kappa shape index (κ1) is 18.2. The van der Waals surface area contributed by atoms with Crippen LogP contribution >= 0.6 is 0 Å². The van der Waals surface area contributed by atoms with Crippen LogP contribution in [0.1, 0.15) is 32.6 Å². The van der Waals surface area contributed by atoms with E-state index in [1.54, 1.807) is 0 Å². The third-order valence-electron chi connectivity index (χ3n) is 2.37. The van der Waals surface area contributed by atoms with E-state index in [0.717, 1.165) is 25.7 Å². The van der Waals surface area contributed by atoms with Crippen molar-refractivity contribution >= 4 is 14.8 Å². The number of unbranched alkanes of at least 4 members (excludes halogenated alkanes) is 2. The van der Waals surface area contributed by atoms with Gasteiger partial charge in [-0.2, -0.15) is 0 Å². The molecule has 3 radical (unpaired) electrons. The Morgan fingerprint density at radius 2 is 2.00 bits per heavy atom. The second kappa shape index (κ2) is 10.1. The number of rotatable bonds is 12. The minimum atomic E-state index is -1.59. The highest BCUT2D eigenvalue weighted by molar-refractivity contribution is 6.70. The van der Waals surface area contributed by atoms with Crippen LogP contribution in [0.3, 0.4) is 0 Å². The highest BCUT2D eigenvalue weighted by Crippen LogP contribution is 2.16. The van der Waals surface area contributed by atoms with Gasteiger partial charge in [0, 0.05) is 12.8 Å². The van der Waals surface area contributed by atoms with Gasteiger partial charge in [-0.3, -0.25) is 4.79 Å². The van der Waals surface area contributed by atoms with Gasteiger partial charge in [-0.15, -0.1) is 0 Å². The summed E-state index contributed by atoms with van der Waals surface area (Å²) in [6.45, 7) is 12.8. The highest BCUT2D eigenvalue weighted by Gasteiger charge is 2.17. The van der Waals surface area contributed by atoms with E-state index in [2.05, 4.69) is 33.1 Å². The summed E-state index contributed by atoms with van der Waals surface area (Å²) in [6, 6.07) is 0. The largest absolute Gasteiger partial charge is 0.548 e. The molecule has 109 valence electrons. The third kappa shape index (κ3) is 12.0. The van der Waals surface area contributed by atoms with Crippen LogP contribution in [0.5, 0.6) is 0 Å². The predicted octanol–water partition coefficient (Wildman–Crippen LogP) is 4.09. The van der Waals surface area contributed by atoms with Crippen molar-refractivity contribution in [3.8, 4) is 0 Å². The Balaban J connectivity index is 3.85. The zero-order valence-corrected chi connectivity index (χ0v) is 13.6. The molecule has 0 heterocycles. The fourth-order valence-corrected chi connectivity index (χ4v) is 2.45. The smallest absolute Gasteiger partial charge is 0.293 e. The number of ether oxygens (including phenoxy) is 1. The first-order chi connectivity index (χ1) is 8.89. The van der Waals surface area contributed by atoms with E-state index < -0.39 is 8.32 Å². The zero-order chi connectivity index (χ0) is 14.7. The lowest BCUT2D eigenvalue weighted by molar-refractivity contribution is -0.132. The molecule has 0 aromatic carbocycles. The molecular formula is C15H27O3Si. The van der Waals surface area contributed by atoms with E-state index in [1.807, 2.05) is 19.3 Å². The van der Waals surface area contributed by atoms with Crippen molar-refractivity contribution in [2.45, 2.75) is 58.4 Å². The van der Waals surface area contributed by atoms with Crippen molar-refractivity contribution in [2.24, 2.45) is 0 Å². The van der Waals surface area contributed by atoms with Crippen LogP contribution in [-0.2, 0) is 14.0 Å². The summed E-state index contributed by atoms with van der Waals surface area (Å²) in [7, 11) is -1.59. The molecule has 0 saturated heterocycles. The fourth-order valence-electron chi connectivity index (χ4n) is 1.59. The van der Waals surface area contributed by atoms with E-state index in [1.165, 1.54) is 0 Å². The van der Waals surface area contributed by atoms with Crippen molar-refractivity contribution in [3.05, 3.63) is 31.6 Å². The molecule has 0 bridgehead atoms. The normalized spacial score (nSPS) is 12.8. The Morgan fingerprint density at radius 3 is 2.53 bits per heavy atom. The van der Waals surface area contributed by atoms with Gasteiger partial charge in [-0.05, 0) is 38.9 Å². The van der Waals surface area contributed by atoms with Gasteiger partial charge in [0.15, 0.2) is 0 Å². The first-order valence-corrected chi connectivity index (χ1v) is 10.3. The van der Waals surface area contributed by atoms with Gasteiger partial charge in [-0.25, -0.2) is 0 Å².